The average molecular weight is 349 g/mol. The molecule has 1 amide bonds. The van der Waals surface area contributed by atoms with Gasteiger partial charge < -0.3 is 10.1 Å². The number of ether oxygens (including phenoxy) is 1. The van der Waals surface area contributed by atoms with Gasteiger partial charge in [0, 0.05) is 10.9 Å². The number of hydrogen-bond donors (Lipinski definition) is 1. The third kappa shape index (κ3) is 4.18. The molecule has 0 aromatic carbocycles. The highest BCUT2D eigenvalue weighted by molar-refractivity contribution is 7.14. The fraction of sp³-hybridized carbons (Fsp3) is 0.684. The zero-order valence-electron chi connectivity index (χ0n) is 14.6. The summed E-state index contributed by atoms with van der Waals surface area (Å²) in [6.45, 7) is 4.24. The summed E-state index contributed by atoms with van der Waals surface area (Å²) < 4.78 is 5.23. The summed E-state index contributed by atoms with van der Waals surface area (Å²) in [7, 11) is 0. The van der Waals surface area contributed by atoms with Crippen LogP contribution < -0.4 is 5.32 Å². The van der Waals surface area contributed by atoms with Crippen molar-refractivity contribution in [1.29, 1.82) is 0 Å². The van der Waals surface area contributed by atoms with Gasteiger partial charge >= 0.3 is 5.97 Å². The zero-order valence-corrected chi connectivity index (χ0v) is 15.4. The Hall–Kier alpha value is -1.36. The minimum Gasteiger partial charge on any atom is -0.451 e. The number of amides is 1. The number of nitrogens with one attached hydrogen (secondary N) is 1. The highest BCUT2D eigenvalue weighted by atomic mass is 32.1. The fourth-order valence-corrected chi connectivity index (χ4v) is 4.89. The number of fused-ring (bicyclic) bond motifs is 1. The van der Waals surface area contributed by atoms with Gasteiger partial charge in [-0.1, -0.05) is 26.7 Å². The molecule has 2 aliphatic rings. The van der Waals surface area contributed by atoms with E-state index in [1.54, 1.807) is 0 Å². The van der Waals surface area contributed by atoms with Crippen molar-refractivity contribution in [2.24, 2.45) is 11.8 Å². The fourth-order valence-electron chi connectivity index (χ4n) is 3.79. The normalized spacial score (nSPS) is 26.5. The summed E-state index contributed by atoms with van der Waals surface area (Å²) in [5.41, 5.74) is 1.28. The molecule has 1 N–H and O–H groups in total. The van der Waals surface area contributed by atoms with Gasteiger partial charge in [0.15, 0.2) is 6.61 Å². The van der Waals surface area contributed by atoms with Crippen LogP contribution in [0.2, 0.25) is 0 Å². The lowest BCUT2D eigenvalue weighted by Gasteiger charge is -2.29. The quantitative estimate of drug-likeness (QED) is 0.843. The zero-order chi connectivity index (χ0) is 17.1. The van der Waals surface area contributed by atoms with Crippen molar-refractivity contribution in [3.05, 3.63) is 21.4 Å². The molecule has 3 unspecified atom stereocenters. The van der Waals surface area contributed by atoms with Crippen molar-refractivity contribution in [2.45, 2.75) is 64.8 Å². The van der Waals surface area contributed by atoms with Crippen molar-refractivity contribution in [3.8, 4) is 0 Å². The lowest BCUT2D eigenvalue weighted by atomic mass is 9.86. The van der Waals surface area contributed by atoms with Crippen LogP contribution in [0.5, 0.6) is 0 Å². The van der Waals surface area contributed by atoms with E-state index in [2.05, 4.69) is 19.2 Å². The minimum atomic E-state index is -0.367. The second kappa shape index (κ2) is 7.68. The number of aryl methyl sites for hydroxylation is 1. The molecule has 3 atom stereocenters. The maximum absolute atomic E-state index is 12.2. The molecule has 1 heterocycles. The van der Waals surface area contributed by atoms with Crippen LogP contribution in [0.25, 0.3) is 0 Å². The molecule has 0 radical (unpaired) electrons. The van der Waals surface area contributed by atoms with Crippen LogP contribution in [0, 0.1) is 11.8 Å². The lowest BCUT2D eigenvalue weighted by Crippen LogP contribution is -2.42. The topological polar surface area (TPSA) is 55.4 Å². The third-order valence-corrected chi connectivity index (χ3v) is 6.54. The van der Waals surface area contributed by atoms with Crippen LogP contribution in [0.4, 0.5) is 0 Å². The molecule has 1 aromatic rings. The molecule has 1 fully saturated rings. The number of thiophene rings is 1. The van der Waals surface area contributed by atoms with E-state index in [1.165, 1.54) is 34.6 Å². The summed E-state index contributed by atoms with van der Waals surface area (Å²) in [4.78, 5) is 26.2. The second-order valence-electron chi connectivity index (χ2n) is 7.42. The largest absolute Gasteiger partial charge is 0.451 e. The van der Waals surface area contributed by atoms with E-state index in [0.29, 0.717) is 16.7 Å². The van der Waals surface area contributed by atoms with Crippen LogP contribution in [-0.4, -0.2) is 24.5 Å². The molecule has 5 heteroatoms. The van der Waals surface area contributed by atoms with Crippen molar-refractivity contribution in [2.75, 3.05) is 6.61 Å². The Morgan fingerprint density at radius 1 is 1.25 bits per heavy atom. The first-order valence-corrected chi connectivity index (χ1v) is 9.92. The van der Waals surface area contributed by atoms with Gasteiger partial charge in [0.05, 0.1) is 0 Å². The van der Waals surface area contributed by atoms with Gasteiger partial charge in [-0.05, 0) is 55.6 Å². The summed E-state index contributed by atoms with van der Waals surface area (Å²) in [6.07, 6.45) is 7.86. The highest BCUT2D eigenvalue weighted by Gasteiger charge is 2.24. The van der Waals surface area contributed by atoms with Gasteiger partial charge in [0.1, 0.15) is 4.88 Å². The second-order valence-corrected chi connectivity index (χ2v) is 8.56. The third-order valence-electron chi connectivity index (χ3n) is 5.32. The molecule has 3 rings (SSSR count). The average Bonchev–Trinajstić information content (AvgIpc) is 2.98. The Kier molecular flexibility index (Phi) is 5.59. The SMILES string of the molecule is CC1CCc2sc(C(=O)OCC(=O)NC3CCCCC3C)cc2C1. The van der Waals surface area contributed by atoms with Crippen LogP contribution in [0.3, 0.4) is 0 Å². The van der Waals surface area contributed by atoms with Crippen molar-refractivity contribution in [1.82, 2.24) is 5.32 Å². The first-order valence-electron chi connectivity index (χ1n) is 9.11. The van der Waals surface area contributed by atoms with E-state index >= 15 is 0 Å². The first kappa shape index (κ1) is 17.5. The maximum atomic E-state index is 12.2. The van der Waals surface area contributed by atoms with E-state index < -0.39 is 0 Å². The van der Waals surface area contributed by atoms with E-state index in [0.717, 1.165) is 32.1 Å². The summed E-state index contributed by atoms with van der Waals surface area (Å²) in [6, 6.07) is 2.18. The Labute approximate surface area is 148 Å². The molecule has 0 aliphatic heterocycles. The van der Waals surface area contributed by atoms with E-state index in [1.807, 2.05) is 6.07 Å². The standard InChI is InChI=1S/C19H27NO3S/c1-12-7-8-16-14(9-12)10-17(24-16)19(22)23-11-18(21)20-15-6-4-3-5-13(15)2/h10,12-13,15H,3-9,11H2,1-2H3,(H,20,21). The molecule has 0 bridgehead atoms. The molecule has 24 heavy (non-hydrogen) atoms. The Balaban J connectivity index is 1.49. The predicted octanol–water partition coefficient (Wildman–Crippen LogP) is 3.72. The van der Waals surface area contributed by atoms with Crippen molar-refractivity contribution < 1.29 is 14.3 Å². The van der Waals surface area contributed by atoms with Crippen molar-refractivity contribution >= 4 is 23.2 Å². The van der Waals surface area contributed by atoms with Gasteiger partial charge in [-0.3, -0.25) is 4.79 Å². The Bertz CT molecular complexity index is 610. The van der Waals surface area contributed by atoms with Gasteiger partial charge in [0.25, 0.3) is 5.91 Å². The van der Waals surface area contributed by atoms with Crippen molar-refractivity contribution in [3.63, 3.8) is 0 Å². The smallest absolute Gasteiger partial charge is 0.348 e. The van der Waals surface area contributed by atoms with E-state index in [4.69, 9.17) is 4.74 Å². The van der Waals surface area contributed by atoms with Gasteiger partial charge in [-0.2, -0.15) is 0 Å². The summed E-state index contributed by atoms with van der Waals surface area (Å²) >= 11 is 1.53. The summed E-state index contributed by atoms with van der Waals surface area (Å²) in [5, 5.41) is 3.02. The molecule has 2 aliphatic carbocycles. The molecule has 0 saturated heterocycles. The van der Waals surface area contributed by atoms with Crippen LogP contribution in [0.15, 0.2) is 6.07 Å². The number of rotatable bonds is 4. The van der Waals surface area contributed by atoms with E-state index in [-0.39, 0.29) is 24.5 Å². The molecule has 0 spiro atoms. The number of esters is 1. The number of hydrogen-bond acceptors (Lipinski definition) is 4. The Morgan fingerprint density at radius 2 is 2.04 bits per heavy atom. The van der Waals surface area contributed by atoms with Gasteiger partial charge in [-0.15, -0.1) is 11.3 Å². The molecule has 1 aromatic heterocycles. The molecule has 4 nitrogen and oxygen atoms in total. The van der Waals surface area contributed by atoms with E-state index in [9.17, 15) is 9.59 Å². The summed E-state index contributed by atoms with van der Waals surface area (Å²) in [5.74, 6) is 0.634. The predicted molar refractivity (Wildman–Crippen MR) is 95.4 cm³/mol. The Morgan fingerprint density at radius 3 is 2.83 bits per heavy atom. The van der Waals surface area contributed by atoms with Gasteiger partial charge in [0.2, 0.25) is 0 Å². The minimum absolute atomic E-state index is 0.180. The molecular weight excluding hydrogens is 322 g/mol. The van der Waals surface area contributed by atoms with Crippen LogP contribution >= 0.6 is 11.3 Å². The number of carbonyl (C=O) groups is 2. The van der Waals surface area contributed by atoms with Gasteiger partial charge in [-0.25, -0.2) is 4.79 Å². The monoisotopic (exact) mass is 349 g/mol. The highest BCUT2D eigenvalue weighted by Crippen LogP contribution is 2.32. The molecular formula is C19H27NO3S. The lowest BCUT2D eigenvalue weighted by molar-refractivity contribution is -0.125. The molecule has 1 saturated carbocycles. The van der Waals surface area contributed by atoms with Crippen LogP contribution in [-0.2, 0) is 22.4 Å². The first-order chi connectivity index (χ1) is 11.5. The number of carbonyl (C=O) groups excluding carboxylic acids is 2. The van der Waals surface area contributed by atoms with Crippen LogP contribution in [0.1, 0.15) is 66.1 Å². The molecule has 132 valence electrons. The maximum Gasteiger partial charge on any atom is 0.348 e.